The Kier molecular flexibility index (Phi) is 5.81. The summed E-state index contributed by atoms with van der Waals surface area (Å²) in [6, 6.07) is 12.5. The molecule has 0 unspecified atom stereocenters. The second-order valence-electron chi connectivity index (χ2n) is 5.09. The van der Waals surface area contributed by atoms with Crippen molar-refractivity contribution >= 4 is 21.6 Å². The number of rotatable bonds is 7. The van der Waals surface area contributed by atoms with Gasteiger partial charge in [-0.2, -0.15) is 0 Å². The number of carbonyl (C=O) groups is 1. The van der Waals surface area contributed by atoms with Crippen LogP contribution in [0.5, 0.6) is 5.75 Å². The van der Waals surface area contributed by atoms with E-state index in [4.69, 9.17) is 4.74 Å². The molecule has 0 saturated heterocycles. The quantitative estimate of drug-likeness (QED) is 0.805. The van der Waals surface area contributed by atoms with E-state index in [0.29, 0.717) is 23.5 Å². The molecule has 2 aromatic rings. The summed E-state index contributed by atoms with van der Waals surface area (Å²) >= 11 is 0. The Morgan fingerprint density at radius 3 is 2.38 bits per heavy atom. The first-order chi connectivity index (χ1) is 11.5. The highest BCUT2D eigenvalue weighted by Gasteiger charge is 2.17. The first kappa shape index (κ1) is 17.8. The summed E-state index contributed by atoms with van der Waals surface area (Å²) < 4.78 is 32.5. The van der Waals surface area contributed by atoms with E-state index in [1.165, 1.54) is 31.4 Å². The fraction of sp³-hybridized carbons (Fsp3) is 0.235. The van der Waals surface area contributed by atoms with Crippen LogP contribution in [0, 0.1) is 0 Å². The molecule has 0 fully saturated rings. The van der Waals surface area contributed by atoms with E-state index in [0.717, 1.165) is 6.42 Å². The molecule has 0 aromatic heterocycles. The molecule has 0 aliphatic heterocycles. The highest BCUT2D eigenvalue weighted by molar-refractivity contribution is 7.92. The first-order valence-electron chi connectivity index (χ1n) is 7.52. The molecule has 0 heterocycles. The molecule has 0 spiro atoms. The van der Waals surface area contributed by atoms with Crippen molar-refractivity contribution in [3.63, 3.8) is 0 Å². The topological polar surface area (TPSA) is 84.5 Å². The summed E-state index contributed by atoms with van der Waals surface area (Å²) in [7, 11) is -2.30. The zero-order valence-corrected chi connectivity index (χ0v) is 14.4. The highest BCUT2D eigenvalue weighted by atomic mass is 32.2. The number of anilines is 1. The zero-order valence-electron chi connectivity index (χ0n) is 13.6. The van der Waals surface area contributed by atoms with Crippen molar-refractivity contribution in [2.24, 2.45) is 0 Å². The third kappa shape index (κ3) is 4.26. The molecular formula is C17H20N2O4S. The predicted octanol–water partition coefficient (Wildman–Crippen LogP) is 2.64. The molecule has 0 atom stereocenters. The maximum Gasteiger partial charge on any atom is 0.262 e. The summed E-state index contributed by atoms with van der Waals surface area (Å²) in [6.07, 6.45) is 0.834. The zero-order chi connectivity index (χ0) is 17.6. The van der Waals surface area contributed by atoms with Gasteiger partial charge in [-0.25, -0.2) is 8.42 Å². The van der Waals surface area contributed by atoms with E-state index in [2.05, 4.69) is 10.0 Å². The van der Waals surface area contributed by atoms with Crippen LogP contribution in [-0.2, 0) is 10.0 Å². The van der Waals surface area contributed by atoms with E-state index < -0.39 is 10.0 Å². The second-order valence-corrected chi connectivity index (χ2v) is 6.77. The summed E-state index contributed by atoms with van der Waals surface area (Å²) in [5, 5.41) is 2.74. The van der Waals surface area contributed by atoms with Crippen LogP contribution in [0.25, 0.3) is 0 Å². The number of ether oxygens (including phenoxy) is 1. The maximum atomic E-state index is 12.5. The maximum absolute atomic E-state index is 12.5. The Morgan fingerprint density at radius 2 is 1.75 bits per heavy atom. The van der Waals surface area contributed by atoms with Crippen LogP contribution in [0.1, 0.15) is 23.7 Å². The molecule has 2 aromatic carbocycles. The molecular weight excluding hydrogens is 328 g/mol. The molecule has 1 amide bonds. The van der Waals surface area contributed by atoms with Gasteiger partial charge in [0.15, 0.2) is 0 Å². The van der Waals surface area contributed by atoms with E-state index in [9.17, 15) is 13.2 Å². The van der Waals surface area contributed by atoms with Crippen molar-refractivity contribution in [1.82, 2.24) is 5.32 Å². The third-order valence-electron chi connectivity index (χ3n) is 3.31. The summed E-state index contributed by atoms with van der Waals surface area (Å²) in [5.41, 5.74) is 0.768. The van der Waals surface area contributed by atoms with Crippen molar-refractivity contribution in [2.75, 3.05) is 18.4 Å². The van der Waals surface area contributed by atoms with Gasteiger partial charge in [-0.05, 0) is 42.8 Å². The average molecular weight is 348 g/mol. The number of sulfonamides is 1. The number of methoxy groups -OCH3 is 1. The molecule has 128 valence electrons. The highest BCUT2D eigenvalue weighted by Crippen LogP contribution is 2.26. The average Bonchev–Trinajstić information content (AvgIpc) is 2.60. The van der Waals surface area contributed by atoms with Gasteiger partial charge in [-0.3, -0.25) is 9.52 Å². The molecule has 0 aliphatic carbocycles. The van der Waals surface area contributed by atoms with Gasteiger partial charge in [-0.1, -0.05) is 19.1 Å². The van der Waals surface area contributed by atoms with Crippen molar-refractivity contribution in [2.45, 2.75) is 18.2 Å². The molecule has 6 nitrogen and oxygen atoms in total. The minimum atomic E-state index is -3.77. The van der Waals surface area contributed by atoms with Crippen LogP contribution in [0.3, 0.4) is 0 Å². The van der Waals surface area contributed by atoms with Crippen LogP contribution >= 0.6 is 0 Å². The summed E-state index contributed by atoms with van der Waals surface area (Å²) in [6.45, 7) is 2.54. The lowest BCUT2D eigenvalue weighted by Crippen LogP contribution is -2.24. The largest absolute Gasteiger partial charge is 0.495 e. The molecule has 0 saturated carbocycles. The van der Waals surface area contributed by atoms with Crippen LogP contribution < -0.4 is 14.8 Å². The summed E-state index contributed by atoms with van der Waals surface area (Å²) in [5.74, 6) is 0.204. The lowest BCUT2D eigenvalue weighted by molar-refractivity contribution is 0.0953. The number of hydrogen-bond donors (Lipinski definition) is 2. The number of amides is 1. The minimum absolute atomic E-state index is 0.0699. The van der Waals surface area contributed by atoms with Crippen molar-refractivity contribution in [1.29, 1.82) is 0 Å². The van der Waals surface area contributed by atoms with Gasteiger partial charge in [0.25, 0.3) is 15.9 Å². The number of nitrogens with one attached hydrogen (secondary N) is 2. The molecule has 0 aliphatic rings. The normalized spacial score (nSPS) is 10.9. The minimum Gasteiger partial charge on any atom is -0.495 e. The predicted molar refractivity (Wildman–Crippen MR) is 92.9 cm³/mol. The van der Waals surface area contributed by atoms with Gasteiger partial charge in [0.2, 0.25) is 0 Å². The Hall–Kier alpha value is -2.54. The van der Waals surface area contributed by atoms with Crippen LogP contribution in [0.15, 0.2) is 53.4 Å². The van der Waals surface area contributed by atoms with Gasteiger partial charge in [-0.15, -0.1) is 0 Å². The lowest BCUT2D eigenvalue weighted by Gasteiger charge is -2.12. The molecule has 0 bridgehead atoms. The van der Waals surface area contributed by atoms with Gasteiger partial charge in [0.05, 0.1) is 17.7 Å². The molecule has 24 heavy (non-hydrogen) atoms. The van der Waals surface area contributed by atoms with E-state index in [-0.39, 0.29) is 10.8 Å². The second kappa shape index (κ2) is 7.83. The van der Waals surface area contributed by atoms with Crippen LogP contribution in [0.4, 0.5) is 5.69 Å². The third-order valence-corrected chi connectivity index (χ3v) is 4.70. The van der Waals surface area contributed by atoms with Crippen molar-refractivity contribution < 1.29 is 17.9 Å². The van der Waals surface area contributed by atoms with E-state index in [1.54, 1.807) is 24.3 Å². The van der Waals surface area contributed by atoms with Gasteiger partial charge in [0.1, 0.15) is 5.75 Å². The van der Waals surface area contributed by atoms with Gasteiger partial charge >= 0.3 is 0 Å². The number of carbonyl (C=O) groups excluding carboxylic acids is 1. The van der Waals surface area contributed by atoms with Gasteiger partial charge < -0.3 is 10.1 Å². The standard InChI is InChI=1S/C17H20N2O4S/c1-3-12-18-17(20)13-8-10-14(11-9-13)24(21,22)19-15-6-4-5-7-16(15)23-2/h4-11,19H,3,12H2,1-2H3,(H,18,20). The summed E-state index contributed by atoms with van der Waals surface area (Å²) in [4.78, 5) is 11.9. The number of benzene rings is 2. The number of para-hydroxylation sites is 2. The lowest BCUT2D eigenvalue weighted by atomic mass is 10.2. The molecule has 7 heteroatoms. The smallest absolute Gasteiger partial charge is 0.262 e. The Bertz CT molecular complexity index is 802. The SMILES string of the molecule is CCCNC(=O)c1ccc(S(=O)(=O)Nc2ccccc2OC)cc1. The van der Waals surface area contributed by atoms with Crippen LogP contribution in [-0.4, -0.2) is 28.0 Å². The first-order valence-corrected chi connectivity index (χ1v) is 9.00. The Balaban J connectivity index is 2.19. The van der Waals surface area contributed by atoms with E-state index >= 15 is 0 Å². The van der Waals surface area contributed by atoms with Gasteiger partial charge in [0, 0.05) is 12.1 Å². The van der Waals surface area contributed by atoms with E-state index in [1.807, 2.05) is 6.92 Å². The molecule has 0 radical (unpaired) electrons. The fourth-order valence-electron chi connectivity index (χ4n) is 2.06. The number of hydrogen-bond acceptors (Lipinski definition) is 4. The molecule has 2 N–H and O–H groups in total. The Morgan fingerprint density at radius 1 is 1.08 bits per heavy atom. The Labute approximate surface area is 141 Å². The fourth-order valence-corrected chi connectivity index (χ4v) is 3.13. The van der Waals surface area contributed by atoms with Crippen molar-refractivity contribution in [3.8, 4) is 5.75 Å². The molecule has 2 rings (SSSR count). The monoisotopic (exact) mass is 348 g/mol. The van der Waals surface area contributed by atoms with Crippen LogP contribution in [0.2, 0.25) is 0 Å². The van der Waals surface area contributed by atoms with Crippen molar-refractivity contribution in [3.05, 3.63) is 54.1 Å².